The van der Waals surface area contributed by atoms with E-state index in [9.17, 15) is 4.79 Å². The third kappa shape index (κ3) is 4.60. The molecule has 3 heteroatoms. The zero-order valence-corrected chi connectivity index (χ0v) is 15.2. The van der Waals surface area contributed by atoms with Gasteiger partial charge in [0.15, 0.2) is 0 Å². The minimum absolute atomic E-state index is 0.0741. The SMILES string of the molecule is CCN(c1ccc(C(=O)N(C)CCc2ccccc2)cc1)C(C)C. The van der Waals surface area contributed by atoms with E-state index in [1.807, 2.05) is 49.5 Å². The Labute approximate surface area is 145 Å². The zero-order chi connectivity index (χ0) is 17.5. The van der Waals surface area contributed by atoms with Gasteiger partial charge in [-0.05, 0) is 57.0 Å². The summed E-state index contributed by atoms with van der Waals surface area (Å²) in [4.78, 5) is 16.7. The second-order valence-electron chi connectivity index (χ2n) is 6.39. The van der Waals surface area contributed by atoms with Crippen molar-refractivity contribution in [1.29, 1.82) is 0 Å². The molecule has 1 amide bonds. The monoisotopic (exact) mass is 324 g/mol. The molecule has 0 aliphatic carbocycles. The standard InChI is InChI=1S/C21H28N2O/c1-5-23(17(2)3)20-13-11-19(12-14-20)21(24)22(4)16-15-18-9-7-6-8-10-18/h6-14,17H,5,15-16H2,1-4H3. The van der Waals surface area contributed by atoms with E-state index < -0.39 is 0 Å². The Balaban J connectivity index is 1.98. The highest BCUT2D eigenvalue weighted by Crippen LogP contribution is 2.18. The van der Waals surface area contributed by atoms with Crippen LogP contribution in [0.3, 0.4) is 0 Å². The number of carbonyl (C=O) groups is 1. The van der Waals surface area contributed by atoms with Crippen LogP contribution in [-0.2, 0) is 6.42 Å². The summed E-state index contributed by atoms with van der Waals surface area (Å²) in [5.74, 6) is 0.0741. The molecular weight excluding hydrogens is 296 g/mol. The van der Waals surface area contributed by atoms with Gasteiger partial charge in [-0.1, -0.05) is 30.3 Å². The van der Waals surface area contributed by atoms with Crippen LogP contribution in [0.15, 0.2) is 54.6 Å². The van der Waals surface area contributed by atoms with E-state index in [1.54, 1.807) is 4.90 Å². The van der Waals surface area contributed by atoms with Gasteiger partial charge >= 0.3 is 0 Å². The highest BCUT2D eigenvalue weighted by Gasteiger charge is 2.13. The van der Waals surface area contributed by atoms with Gasteiger partial charge in [0, 0.05) is 37.4 Å². The first-order chi connectivity index (χ1) is 11.5. The minimum atomic E-state index is 0.0741. The first kappa shape index (κ1) is 18.1. The van der Waals surface area contributed by atoms with Crippen LogP contribution in [0.25, 0.3) is 0 Å². The van der Waals surface area contributed by atoms with Crippen molar-refractivity contribution in [1.82, 2.24) is 4.90 Å². The fourth-order valence-corrected chi connectivity index (χ4v) is 2.90. The Morgan fingerprint density at radius 1 is 1.00 bits per heavy atom. The van der Waals surface area contributed by atoms with Crippen molar-refractivity contribution < 1.29 is 4.79 Å². The second-order valence-corrected chi connectivity index (χ2v) is 6.39. The van der Waals surface area contributed by atoms with E-state index in [0.29, 0.717) is 6.04 Å². The molecule has 0 N–H and O–H groups in total. The molecule has 2 aromatic rings. The Hall–Kier alpha value is -2.29. The average Bonchev–Trinajstić information content (AvgIpc) is 2.61. The number of hydrogen-bond donors (Lipinski definition) is 0. The topological polar surface area (TPSA) is 23.6 Å². The lowest BCUT2D eigenvalue weighted by atomic mass is 10.1. The van der Waals surface area contributed by atoms with Gasteiger partial charge in [-0.3, -0.25) is 4.79 Å². The fourth-order valence-electron chi connectivity index (χ4n) is 2.90. The van der Waals surface area contributed by atoms with Crippen LogP contribution in [0.1, 0.15) is 36.7 Å². The van der Waals surface area contributed by atoms with Crippen molar-refractivity contribution in [2.45, 2.75) is 33.2 Å². The van der Waals surface area contributed by atoms with Crippen molar-refractivity contribution in [2.75, 3.05) is 25.0 Å². The molecule has 3 nitrogen and oxygen atoms in total. The molecule has 0 fully saturated rings. The number of hydrogen-bond acceptors (Lipinski definition) is 2. The molecule has 0 atom stereocenters. The minimum Gasteiger partial charge on any atom is -0.369 e. The van der Waals surface area contributed by atoms with Crippen molar-refractivity contribution in [3.8, 4) is 0 Å². The molecule has 0 spiro atoms. The van der Waals surface area contributed by atoms with Gasteiger partial charge in [-0.15, -0.1) is 0 Å². The van der Waals surface area contributed by atoms with E-state index in [2.05, 4.69) is 37.8 Å². The quantitative estimate of drug-likeness (QED) is 0.761. The number of amides is 1. The van der Waals surface area contributed by atoms with Crippen LogP contribution in [-0.4, -0.2) is 37.0 Å². The normalized spacial score (nSPS) is 10.7. The Morgan fingerprint density at radius 3 is 2.17 bits per heavy atom. The Kier molecular flexibility index (Phi) is 6.42. The summed E-state index contributed by atoms with van der Waals surface area (Å²) < 4.78 is 0. The van der Waals surface area contributed by atoms with Crippen LogP contribution < -0.4 is 4.90 Å². The molecule has 0 aromatic heterocycles. The lowest BCUT2D eigenvalue weighted by molar-refractivity contribution is 0.0796. The molecule has 0 aliphatic heterocycles. The summed E-state index contributed by atoms with van der Waals surface area (Å²) in [5, 5.41) is 0. The lowest BCUT2D eigenvalue weighted by Crippen LogP contribution is -2.31. The molecular formula is C21H28N2O. The van der Waals surface area contributed by atoms with E-state index in [-0.39, 0.29) is 5.91 Å². The maximum Gasteiger partial charge on any atom is 0.253 e. The Bertz CT molecular complexity index is 635. The van der Waals surface area contributed by atoms with Gasteiger partial charge in [0.05, 0.1) is 0 Å². The molecule has 2 rings (SSSR count). The largest absolute Gasteiger partial charge is 0.369 e. The van der Waals surface area contributed by atoms with E-state index in [0.717, 1.165) is 30.8 Å². The maximum absolute atomic E-state index is 12.6. The highest BCUT2D eigenvalue weighted by atomic mass is 16.2. The van der Waals surface area contributed by atoms with E-state index in [4.69, 9.17) is 0 Å². The molecule has 0 aliphatic rings. The molecule has 0 radical (unpaired) electrons. The average molecular weight is 324 g/mol. The maximum atomic E-state index is 12.6. The van der Waals surface area contributed by atoms with Crippen LogP contribution in [0, 0.1) is 0 Å². The molecule has 0 saturated heterocycles. The van der Waals surface area contributed by atoms with Gasteiger partial charge in [-0.25, -0.2) is 0 Å². The molecule has 0 unspecified atom stereocenters. The first-order valence-electron chi connectivity index (χ1n) is 8.69. The number of nitrogens with zero attached hydrogens (tertiary/aromatic N) is 2. The summed E-state index contributed by atoms with van der Waals surface area (Å²) in [6.45, 7) is 8.19. The van der Waals surface area contributed by atoms with E-state index >= 15 is 0 Å². The van der Waals surface area contributed by atoms with Gasteiger partial charge < -0.3 is 9.80 Å². The number of likely N-dealkylation sites (N-methyl/N-ethyl adjacent to an activating group) is 1. The summed E-state index contributed by atoms with van der Waals surface area (Å²) in [6.07, 6.45) is 0.873. The molecule has 24 heavy (non-hydrogen) atoms. The molecule has 0 saturated carbocycles. The van der Waals surface area contributed by atoms with Gasteiger partial charge in [-0.2, -0.15) is 0 Å². The van der Waals surface area contributed by atoms with Crippen LogP contribution in [0.2, 0.25) is 0 Å². The number of benzene rings is 2. The van der Waals surface area contributed by atoms with Crippen molar-refractivity contribution >= 4 is 11.6 Å². The number of anilines is 1. The van der Waals surface area contributed by atoms with Crippen molar-refractivity contribution in [3.05, 3.63) is 65.7 Å². The lowest BCUT2D eigenvalue weighted by Gasteiger charge is -2.27. The van der Waals surface area contributed by atoms with E-state index in [1.165, 1.54) is 5.56 Å². The zero-order valence-electron chi connectivity index (χ0n) is 15.2. The summed E-state index contributed by atoms with van der Waals surface area (Å²) in [5.41, 5.74) is 3.16. The summed E-state index contributed by atoms with van der Waals surface area (Å²) in [7, 11) is 1.87. The first-order valence-corrected chi connectivity index (χ1v) is 8.69. The number of rotatable bonds is 7. The van der Waals surface area contributed by atoms with Crippen molar-refractivity contribution in [3.63, 3.8) is 0 Å². The molecule has 0 heterocycles. The van der Waals surface area contributed by atoms with Gasteiger partial charge in [0.2, 0.25) is 0 Å². The second kappa shape index (κ2) is 8.53. The fraction of sp³-hybridized carbons (Fsp3) is 0.381. The Morgan fingerprint density at radius 2 is 1.62 bits per heavy atom. The predicted molar refractivity (Wildman–Crippen MR) is 102 cm³/mol. The van der Waals surface area contributed by atoms with Gasteiger partial charge in [0.25, 0.3) is 5.91 Å². The summed E-state index contributed by atoms with van der Waals surface area (Å²) >= 11 is 0. The molecule has 2 aromatic carbocycles. The predicted octanol–water partition coefficient (Wildman–Crippen LogP) is 4.24. The van der Waals surface area contributed by atoms with Crippen LogP contribution in [0.4, 0.5) is 5.69 Å². The smallest absolute Gasteiger partial charge is 0.253 e. The van der Waals surface area contributed by atoms with Crippen molar-refractivity contribution in [2.24, 2.45) is 0 Å². The number of carbonyl (C=O) groups excluding carboxylic acids is 1. The molecule has 0 bridgehead atoms. The highest BCUT2D eigenvalue weighted by molar-refractivity contribution is 5.94. The third-order valence-electron chi connectivity index (χ3n) is 4.34. The summed E-state index contributed by atoms with van der Waals surface area (Å²) in [6, 6.07) is 18.7. The molecule has 128 valence electrons. The third-order valence-corrected chi connectivity index (χ3v) is 4.34. The van der Waals surface area contributed by atoms with Crippen LogP contribution >= 0.6 is 0 Å². The van der Waals surface area contributed by atoms with Crippen LogP contribution in [0.5, 0.6) is 0 Å². The van der Waals surface area contributed by atoms with Gasteiger partial charge in [0.1, 0.15) is 0 Å².